The van der Waals surface area contributed by atoms with Crippen LogP contribution in [0.2, 0.25) is 5.02 Å². The Balaban J connectivity index is 2.30. The molecule has 1 unspecified atom stereocenters. The Morgan fingerprint density at radius 1 is 1.47 bits per heavy atom. The number of amides is 1. The highest BCUT2D eigenvalue weighted by Crippen LogP contribution is 2.31. The maximum atomic E-state index is 11.0. The van der Waals surface area contributed by atoms with Gasteiger partial charge < -0.3 is 10.1 Å². The summed E-state index contributed by atoms with van der Waals surface area (Å²) in [4.78, 5) is 11.0. The summed E-state index contributed by atoms with van der Waals surface area (Å²) in [6, 6.07) is 7.52. The van der Waals surface area contributed by atoms with Gasteiger partial charge in [0.2, 0.25) is 5.91 Å². The van der Waals surface area contributed by atoms with Crippen molar-refractivity contribution >= 4 is 17.5 Å². The van der Waals surface area contributed by atoms with Gasteiger partial charge >= 0.3 is 0 Å². The molecular formula is C11H12ClNO2. The van der Waals surface area contributed by atoms with Gasteiger partial charge in [-0.05, 0) is 13.0 Å². The predicted octanol–water partition coefficient (Wildman–Crippen LogP) is 1.70. The molecular weight excluding hydrogens is 214 g/mol. The Morgan fingerprint density at radius 3 is 2.80 bits per heavy atom. The van der Waals surface area contributed by atoms with E-state index < -0.39 is 5.60 Å². The molecule has 15 heavy (non-hydrogen) atoms. The zero-order chi connectivity index (χ0) is 10.9. The Morgan fingerprint density at radius 2 is 2.20 bits per heavy atom. The number of rotatable bonds is 1. The SMILES string of the molecule is CC1(c2ccccc2Cl)CNC(=O)CO1. The predicted molar refractivity (Wildman–Crippen MR) is 57.8 cm³/mol. The molecule has 1 N–H and O–H groups in total. The van der Waals surface area contributed by atoms with Crippen molar-refractivity contribution in [2.45, 2.75) is 12.5 Å². The maximum Gasteiger partial charge on any atom is 0.246 e. The third-order valence-corrected chi connectivity index (χ3v) is 2.92. The molecule has 1 aliphatic heterocycles. The van der Waals surface area contributed by atoms with E-state index in [1.807, 2.05) is 31.2 Å². The van der Waals surface area contributed by atoms with Crippen molar-refractivity contribution in [1.29, 1.82) is 0 Å². The van der Waals surface area contributed by atoms with Crippen molar-refractivity contribution in [2.75, 3.05) is 13.2 Å². The molecule has 0 radical (unpaired) electrons. The van der Waals surface area contributed by atoms with Crippen molar-refractivity contribution in [2.24, 2.45) is 0 Å². The second kappa shape index (κ2) is 3.83. The topological polar surface area (TPSA) is 38.3 Å². The van der Waals surface area contributed by atoms with Crippen LogP contribution in [-0.4, -0.2) is 19.1 Å². The molecule has 1 aliphatic rings. The average Bonchev–Trinajstić information content (AvgIpc) is 2.23. The van der Waals surface area contributed by atoms with Gasteiger partial charge in [0, 0.05) is 10.6 Å². The molecule has 1 aromatic carbocycles. The zero-order valence-electron chi connectivity index (χ0n) is 8.42. The molecule has 1 aromatic rings. The Labute approximate surface area is 93.4 Å². The van der Waals surface area contributed by atoms with Crippen LogP contribution in [0.4, 0.5) is 0 Å². The first-order valence-corrected chi connectivity index (χ1v) is 5.15. The average molecular weight is 226 g/mol. The minimum absolute atomic E-state index is 0.0838. The van der Waals surface area contributed by atoms with Gasteiger partial charge in [-0.15, -0.1) is 0 Å². The maximum absolute atomic E-state index is 11.0. The minimum Gasteiger partial charge on any atom is -0.359 e. The fourth-order valence-corrected chi connectivity index (χ4v) is 1.99. The second-order valence-electron chi connectivity index (χ2n) is 3.78. The summed E-state index contributed by atoms with van der Waals surface area (Å²) in [6.45, 7) is 2.46. The summed E-state index contributed by atoms with van der Waals surface area (Å²) in [6.07, 6.45) is 0. The van der Waals surface area contributed by atoms with Crippen molar-refractivity contribution in [3.8, 4) is 0 Å². The number of carbonyl (C=O) groups is 1. The summed E-state index contributed by atoms with van der Waals surface area (Å²) in [7, 11) is 0. The third kappa shape index (κ3) is 1.98. The number of carbonyl (C=O) groups excluding carboxylic acids is 1. The molecule has 1 amide bonds. The van der Waals surface area contributed by atoms with E-state index in [0.29, 0.717) is 11.6 Å². The van der Waals surface area contributed by atoms with E-state index in [2.05, 4.69) is 5.32 Å². The first kappa shape index (κ1) is 10.5. The van der Waals surface area contributed by atoms with Crippen LogP contribution >= 0.6 is 11.6 Å². The van der Waals surface area contributed by atoms with Gasteiger partial charge in [0.05, 0.1) is 6.54 Å². The molecule has 1 fully saturated rings. The monoisotopic (exact) mass is 225 g/mol. The summed E-state index contributed by atoms with van der Waals surface area (Å²) < 4.78 is 5.55. The van der Waals surface area contributed by atoms with Gasteiger partial charge in [-0.25, -0.2) is 0 Å². The highest BCUT2D eigenvalue weighted by molar-refractivity contribution is 6.31. The van der Waals surface area contributed by atoms with Crippen LogP contribution in [0.5, 0.6) is 0 Å². The lowest BCUT2D eigenvalue weighted by molar-refractivity contribution is -0.142. The van der Waals surface area contributed by atoms with Crippen molar-refractivity contribution in [1.82, 2.24) is 5.32 Å². The van der Waals surface area contributed by atoms with Gasteiger partial charge in [-0.3, -0.25) is 4.79 Å². The lowest BCUT2D eigenvalue weighted by Gasteiger charge is -2.34. The van der Waals surface area contributed by atoms with Crippen LogP contribution in [-0.2, 0) is 15.1 Å². The summed E-state index contributed by atoms with van der Waals surface area (Å²) in [5, 5.41) is 3.44. The van der Waals surface area contributed by atoms with Crippen LogP contribution in [0.3, 0.4) is 0 Å². The summed E-state index contributed by atoms with van der Waals surface area (Å²) >= 11 is 6.09. The molecule has 1 saturated heterocycles. The molecule has 2 rings (SSSR count). The largest absolute Gasteiger partial charge is 0.359 e. The van der Waals surface area contributed by atoms with E-state index in [9.17, 15) is 4.79 Å². The van der Waals surface area contributed by atoms with Crippen LogP contribution < -0.4 is 5.32 Å². The van der Waals surface area contributed by atoms with Gasteiger partial charge in [0.15, 0.2) is 0 Å². The number of nitrogens with one attached hydrogen (secondary N) is 1. The number of ether oxygens (including phenoxy) is 1. The first-order chi connectivity index (χ1) is 7.12. The van der Waals surface area contributed by atoms with Crippen molar-refractivity contribution < 1.29 is 9.53 Å². The van der Waals surface area contributed by atoms with Gasteiger partial charge in [-0.1, -0.05) is 29.8 Å². The highest BCUT2D eigenvalue weighted by atomic mass is 35.5. The smallest absolute Gasteiger partial charge is 0.246 e. The van der Waals surface area contributed by atoms with Crippen LogP contribution in [0.15, 0.2) is 24.3 Å². The Hall–Kier alpha value is -1.06. The van der Waals surface area contributed by atoms with E-state index in [1.165, 1.54) is 0 Å². The van der Waals surface area contributed by atoms with Crippen molar-refractivity contribution in [3.63, 3.8) is 0 Å². The fourth-order valence-electron chi connectivity index (χ4n) is 1.66. The van der Waals surface area contributed by atoms with E-state index in [4.69, 9.17) is 16.3 Å². The molecule has 0 spiro atoms. The molecule has 1 atom stereocenters. The number of morpholine rings is 1. The molecule has 3 nitrogen and oxygen atoms in total. The molecule has 4 heteroatoms. The van der Waals surface area contributed by atoms with E-state index in [1.54, 1.807) is 0 Å². The first-order valence-electron chi connectivity index (χ1n) is 4.77. The number of hydrogen-bond acceptors (Lipinski definition) is 2. The quantitative estimate of drug-likeness (QED) is 0.790. The molecule has 1 heterocycles. The number of benzene rings is 1. The Kier molecular flexibility index (Phi) is 2.67. The van der Waals surface area contributed by atoms with Gasteiger partial charge in [0.25, 0.3) is 0 Å². The Bertz CT molecular complexity index is 382. The van der Waals surface area contributed by atoms with Crippen LogP contribution in [0.25, 0.3) is 0 Å². The molecule has 0 saturated carbocycles. The van der Waals surface area contributed by atoms with Crippen LogP contribution in [0.1, 0.15) is 12.5 Å². The number of hydrogen-bond donors (Lipinski definition) is 1. The van der Waals surface area contributed by atoms with E-state index in [0.717, 1.165) is 5.56 Å². The highest BCUT2D eigenvalue weighted by Gasteiger charge is 2.34. The lowest BCUT2D eigenvalue weighted by Crippen LogP contribution is -2.48. The number of halogens is 1. The molecule has 0 bridgehead atoms. The summed E-state index contributed by atoms with van der Waals surface area (Å²) in [5.74, 6) is -0.0838. The van der Waals surface area contributed by atoms with E-state index >= 15 is 0 Å². The van der Waals surface area contributed by atoms with Gasteiger partial charge in [0.1, 0.15) is 12.2 Å². The third-order valence-electron chi connectivity index (χ3n) is 2.59. The zero-order valence-corrected chi connectivity index (χ0v) is 9.17. The molecule has 0 aromatic heterocycles. The van der Waals surface area contributed by atoms with Gasteiger partial charge in [-0.2, -0.15) is 0 Å². The fraction of sp³-hybridized carbons (Fsp3) is 0.364. The van der Waals surface area contributed by atoms with E-state index in [-0.39, 0.29) is 12.5 Å². The molecule has 0 aliphatic carbocycles. The molecule has 80 valence electrons. The van der Waals surface area contributed by atoms with Crippen LogP contribution in [0, 0.1) is 0 Å². The minimum atomic E-state index is -0.522. The standard InChI is InChI=1S/C11H12ClNO2/c1-11(7-13-10(14)6-15-11)8-4-2-3-5-9(8)12/h2-5H,6-7H2,1H3,(H,13,14). The summed E-state index contributed by atoms with van der Waals surface area (Å²) in [5.41, 5.74) is 0.387. The normalized spacial score (nSPS) is 26.1. The lowest BCUT2D eigenvalue weighted by atomic mass is 9.94. The van der Waals surface area contributed by atoms with Crippen molar-refractivity contribution in [3.05, 3.63) is 34.9 Å². The second-order valence-corrected chi connectivity index (χ2v) is 4.18.